The molecule has 0 aliphatic carbocycles. The molecule has 0 aliphatic heterocycles. The first-order valence-corrected chi connectivity index (χ1v) is 8.20. The van der Waals surface area contributed by atoms with Gasteiger partial charge in [0.05, 0.1) is 5.60 Å². The fourth-order valence-corrected chi connectivity index (χ4v) is 3.82. The average molecular weight is 305 g/mol. The molecule has 0 heterocycles. The quantitative estimate of drug-likeness (QED) is 0.910. The van der Waals surface area contributed by atoms with Gasteiger partial charge in [-0.15, -0.1) is 0 Å². The van der Waals surface area contributed by atoms with Crippen LogP contribution in [0.4, 0.5) is 0 Å². The zero-order valence-electron chi connectivity index (χ0n) is 12.0. The van der Waals surface area contributed by atoms with E-state index in [9.17, 15) is 13.5 Å². The Morgan fingerprint density at radius 1 is 0.952 bits per heavy atom. The predicted molar refractivity (Wildman–Crippen MR) is 84.0 cm³/mol. The number of nitrogens with two attached hydrogens (primary N) is 1. The molecule has 0 aromatic heterocycles. The van der Waals surface area contributed by atoms with Crippen LogP contribution in [-0.2, 0) is 10.0 Å². The Bertz CT molecular complexity index is 701. The molecule has 0 saturated carbocycles. The maximum absolute atomic E-state index is 11.8. The van der Waals surface area contributed by atoms with Gasteiger partial charge in [-0.3, -0.25) is 0 Å². The summed E-state index contributed by atoms with van der Waals surface area (Å²) < 4.78 is 23.5. The highest BCUT2D eigenvalue weighted by molar-refractivity contribution is 7.89. The molecule has 0 spiro atoms. The van der Waals surface area contributed by atoms with Crippen LogP contribution in [0.1, 0.15) is 24.7 Å². The van der Waals surface area contributed by atoms with Crippen LogP contribution in [0.5, 0.6) is 0 Å². The second kappa shape index (κ2) is 5.60. The van der Waals surface area contributed by atoms with Gasteiger partial charge in [-0.2, -0.15) is 0 Å². The smallest absolute Gasteiger partial charge is 0.219 e. The van der Waals surface area contributed by atoms with E-state index >= 15 is 0 Å². The second-order valence-electron chi connectivity index (χ2n) is 5.61. The van der Waals surface area contributed by atoms with Gasteiger partial charge in [-0.25, -0.2) is 13.6 Å². The monoisotopic (exact) mass is 305 g/mol. The lowest BCUT2D eigenvalue weighted by molar-refractivity contribution is 0.0747. The van der Waals surface area contributed by atoms with Crippen LogP contribution in [0.3, 0.4) is 0 Å². The maximum atomic E-state index is 11.8. The Kier molecular flexibility index (Phi) is 4.18. The Morgan fingerprint density at radius 3 is 1.86 bits per heavy atom. The fraction of sp³-hybridized carbons (Fsp3) is 0.250. The van der Waals surface area contributed by atoms with E-state index in [-0.39, 0.29) is 0 Å². The summed E-state index contributed by atoms with van der Waals surface area (Å²) in [5, 5.41) is 14.2. The molecule has 0 saturated heterocycles. The van der Waals surface area contributed by atoms with Crippen molar-refractivity contribution in [2.24, 2.45) is 5.14 Å². The minimum absolute atomic E-state index is 0.477. The Balaban J connectivity index is 2.42. The highest BCUT2D eigenvalue weighted by atomic mass is 32.2. The van der Waals surface area contributed by atoms with Crippen LogP contribution in [0.25, 0.3) is 11.1 Å². The largest absolute Gasteiger partial charge is 0.389 e. The molecule has 4 nitrogen and oxygen atoms in total. The topological polar surface area (TPSA) is 80.4 Å². The van der Waals surface area contributed by atoms with Crippen molar-refractivity contribution in [2.45, 2.75) is 24.7 Å². The number of hydrogen-bond donors (Lipinski definition) is 2. The van der Waals surface area contributed by atoms with Crippen molar-refractivity contribution in [2.75, 3.05) is 0 Å². The van der Waals surface area contributed by atoms with Gasteiger partial charge in [-0.1, -0.05) is 54.6 Å². The van der Waals surface area contributed by atoms with Gasteiger partial charge in [0.2, 0.25) is 10.0 Å². The lowest BCUT2D eigenvalue weighted by Crippen LogP contribution is -2.38. The van der Waals surface area contributed by atoms with E-state index in [0.717, 1.165) is 11.1 Å². The summed E-state index contributed by atoms with van der Waals surface area (Å²) in [5.41, 5.74) is 1.04. The van der Waals surface area contributed by atoms with Crippen LogP contribution in [0, 0.1) is 0 Å². The van der Waals surface area contributed by atoms with Crippen molar-refractivity contribution in [3.63, 3.8) is 0 Å². The van der Waals surface area contributed by atoms with E-state index in [4.69, 9.17) is 5.14 Å². The fourth-order valence-electron chi connectivity index (χ4n) is 2.48. The SMILES string of the molecule is CC(C)(O)C(c1ccc(-c2ccccc2)cc1)S(N)(=O)=O. The molecule has 1 atom stereocenters. The third kappa shape index (κ3) is 3.69. The molecule has 0 fully saturated rings. The number of rotatable bonds is 4. The second-order valence-corrected chi connectivity index (χ2v) is 7.26. The zero-order chi connectivity index (χ0) is 15.7. The molecule has 2 aromatic carbocycles. The van der Waals surface area contributed by atoms with Crippen molar-refractivity contribution >= 4 is 10.0 Å². The molecular weight excluding hydrogens is 286 g/mol. The highest BCUT2D eigenvalue weighted by Gasteiger charge is 2.37. The van der Waals surface area contributed by atoms with E-state index in [1.54, 1.807) is 12.1 Å². The molecule has 2 rings (SSSR count). The molecule has 0 radical (unpaired) electrons. The molecular formula is C16H19NO3S. The molecule has 0 bridgehead atoms. The van der Waals surface area contributed by atoms with E-state index < -0.39 is 20.9 Å². The molecule has 1 unspecified atom stereocenters. The van der Waals surface area contributed by atoms with Gasteiger partial charge >= 0.3 is 0 Å². The van der Waals surface area contributed by atoms with Crippen molar-refractivity contribution < 1.29 is 13.5 Å². The normalized spacial score (nSPS) is 13.9. The number of aliphatic hydroxyl groups is 1. The Labute approximate surface area is 125 Å². The Hall–Kier alpha value is -1.69. The lowest BCUT2D eigenvalue weighted by atomic mass is 9.96. The summed E-state index contributed by atoms with van der Waals surface area (Å²) in [4.78, 5) is 0. The first kappa shape index (κ1) is 15.7. The minimum atomic E-state index is -3.90. The van der Waals surface area contributed by atoms with Gasteiger partial charge in [0.1, 0.15) is 5.25 Å². The standard InChI is InChI=1S/C16H19NO3S/c1-16(2,18)15(21(17,19)20)14-10-8-13(9-11-14)12-6-4-3-5-7-12/h3-11,15,18H,1-2H3,(H2,17,19,20). The van der Waals surface area contributed by atoms with Gasteiger partial charge < -0.3 is 5.11 Å². The third-order valence-corrected chi connectivity index (χ3v) is 4.80. The molecule has 5 heteroatoms. The minimum Gasteiger partial charge on any atom is -0.389 e. The summed E-state index contributed by atoms with van der Waals surface area (Å²) in [6.45, 7) is 2.88. The van der Waals surface area contributed by atoms with Gasteiger partial charge in [-0.05, 0) is 30.5 Å². The van der Waals surface area contributed by atoms with Crippen molar-refractivity contribution in [1.82, 2.24) is 0 Å². The van der Waals surface area contributed by atoms with Crippen LogP contribution in [0.2, 0.25) is 0 Å². The van der Waals surface area contributed by atoms with Crippen molar-refractivity contribution in [3.8, 4) is 11.1 Å². The molecule has 0 amide bonds. The van der Waals surface area contributed by atoms with Crippen LogP contribution < -0.4 is 5.14 Å². The van der Waals surface area contributed by atoms with E-state index in [2.05, 4.69) is 0 Å². The van der Waals surface area contributed by atoms with Gasteiger partial charge in [0, 0.05) is 0 Å². The van der Waals surface area contributed by atoms with E-state index in [1.807, 2.05) is 42.5 Å². The molecule has 112 valence electrons. The van der Waals surface area contributed by atoms with E-state index in [1.165, 1.54) is 13.8 Å². The lowest BCUT2D eigenvalue weighted by Gasteiger charge is -2.27. The summed E-state index contributed by atoms with van der Waals surface area (Å²) >= 11 is 0. The number of sulfonamides is 1. The summed E-state index contributed by atoms with van der Waals surface area (Å²) in [6, 6.07) is 16.8. The highest BCUT2D eigenvalue weighted by Crippen LogP contribution is 2.32. The molecule has 2 aromatic rings. The third-order valence-electron chi connectivity index (χ3n) is 3.29. The zero-order valence-corrected chi connectivity index (χ0v) is 12.8. The number of benzene rings is 2. The molecule has 21 heavy (non-hydrogen) atoms. The number of primary sulfonamides is 1. The molecule has 3 N–H and O–H groups in total. The van der Waals surface area contributed by atoms with Crippen LogP contribution >= 0.6 is 0 Å². The van der Waals surface area contributed by atoms with E-state index in [0.29, 0.717) is 5.56 Å². The summed E-state index contributed by atoms with van der Waals surface area (Å²) in [7, 11) is -3.90. The summed E-state index contributed by atoms with van der Waals surface area (Å²) in [5.74, 6) is 0. The van der Waals surface area contributed by atoms with Crippen LogP contribution in [-0.4, -0.2) is 19.1 Å². The maximum Gasteiger partial charge on any atom is 0.219 e. The van der Waals surface area contributed by atoms with Crippen LogP contribution in [0.15, 0.2) is 54.6 Å². The number of hydrogen-bond acceptors (Lipinski definition) is 3. The Morgan fingerprint density at radius 2 is 1.43 bits per heavy atom. The first-order chi connectivity index (χ1) is 9.69. The van der Waals surface area contributed by atoms with Gasteiger partial charge in [0.25, 0.3) is 0 Å². The average Bonchev–Trinajstić information content (AvgIpc) is 2.37. The van der Waals surface area contributed by atoms with Crippen molar-refractivity contribution in [1.29, 1.82) is 0 Å². The predicted octanol–water partition coefficient (Wildman–Crippen LogP) is 2.45. The van der Waals surface area contributed by atoms with Gasteiger partial charge in [0.15, 0.2) is 0 Å². The summed E-state index contributed by atoms with van der Waals surface area (Å²) in [6.07, 6.45) is 0. The van der Waals surface area contributed by atoms with Crippen molar-refractivity contribution in [3.05, 3.63) is 60.2 Å². The first-order valence-electron chi connectivity index (χ1n) is 6.59. The molecule has 0 aliphatic rings.